The molecule has 2 aromatic carbocycles. The van der Waals surface area contributed by atoms with Gasteiger partial charge in [-0.15, -0.1) is 0 Å². The first-order valence-electron chi connectivity index (χ1n) is 11.0. The number of methoxy groups -OCH3 is 2. The lowest BCUT2D eigenvalue weighted by Crippen LogP contribution is -2.28. The van der Waals surface area contributed by atoms with E-state index in [-0.39, 0.29) is 5.91 Å². The van der Waals surface area contributed by atoms with E-state index in [1.807, 2.05) is 55.6 Å². The highest BCUT2D eigenvalue weighted by Crippen LogP contribution is 2.30. The molecule has 33 heavy (non-hydrogen) atoms. The van der Waals surface area contributed by atoms with Crippen LogP contribution in [0, 0.1) is 6.92 Å². The third-order valence-corrected chi connectivity index (χ3v) is 6.01. The minimum absolute atomic E-state index is 0.167. The van der Waals surface area contributed by atoms with E-state index in [0.29, 0.717) is 28.6 Å². The van der Waals surface area contributed by atoms with Gasteiger partial charge < -0.3 is 19.7 Å². The summed E-state index contributed by atoms with van der Waals surface area (Å²) in [6.45, 7) is 4.16. The Morgan fingerprint density at radius 3 is 2.48 bits per heavy atom. The second kappa shape index (κ2) is 10.1. The van der Waals surface area contributed by atoms with Gasteiger partial charge in [0, 0.05) is 36.4 Å². The Bertz CT molecular complexity index is 1140. The lowest BCUT2D eigenvalue weighted by atomic mass is 10.0. The normalized spacial score (nSPS) is 13.2. The number of aryl methyl sites for hydroxylation is 1. The first kappa shape index (κ1) is 22.9. The van der Waals surface area contributed by atoms with Crippen molar-refractivity contribution in [2.24, 2.45) is 0 Å². The molecule has 2 heterocycles. The lowest BCUT2D eigenvalue weighted by molar-refractivity contribution is 0.0951. The molecule has 0 saturated carbocycles. The molecule has 0 unspecified atom stereocenters. The van der Waals surface area contributed by atoms with Gasteiger partial charge in [-0.3, -0.25) is 4.79 Å². The number of ether oxygens (including phenoxy) is 2. The van der Waals surface area contributed by atoms with Crippen molar-refractivity contribution < 1.29 is 14.3 Å². The number of hydrogen-bond acceptors (Lipinski definition) is 5. The number of nitrogens with zero attached hydrogens (tertiary/aromatic N) is 2. The molecule has 1 aliphatic rings. The number of hydrogen-bond donors (Lipinski definition) is 1. The number of benzene rings is 2. The molecule has 0 aliphatic carbocycles. The fourth-order valence-corrected chi connectivity index (χ4v) is 4.42. The molecule has 7 heteroatoms. The molecule has 0 atom stereocenters. The molecule has 0 bridgehead atoms. The summed E-state index contributed by atoms with van der Waals surface area (Å²) >= 11 is 6.27. The third kappa shape index (κ3) is 5.22. The molecule has 6 nitrogen and oxygen atoms in total. The second-order valence-corrected chi connectivity index (χ2v) is 8.62. The first-order chi connectivity index (χ1) is 16.0. The van der Waals surface area contributed by atoms with Gasteiger partial charge in [0.25, 0.3) is 5.91 Å². The van der Waals surface area contributed by atoms with Crippen LogP contribution in [0.1, 0.15) is 34.3 Å². The molecule has 1 amide bonds. The number of amides is 1. The molecule has 1 fully saturated rings. The minimum atomic E-state index is -0.167. The number of aromatic nitrogens is 1. The summed E-state index contributed by atoms with van der Waals surface area (Å²) in [6.07, 6.45) is 4.02. The Morgan fingerprint density at radius 2 is 1.79 bits per heavy atom. The molecule has 1 aromatic heterocycles. The van der Waals surface area contributed by atoms with E-state index >= 15 is 0 Å². The van der Waals surface area contributed by atoms with Crippen LogP contribution in [0.15, 0.2) is 48.7 Å². The summed E-state index contributed by atoms with van der Waals surface area (Å²) < 4.78 is 10.7. The van der Waals surface area contributed by atoms with Crippen molar-refractivity contribution in [1.29, 1.82) is 0 Å². The molecule has 0 spiro atoms. The maximum atomic E-state index is 13.3. The van der Waals surface area contributed by atoms with E-state index in [1.165, 1.54) is 0 Å². The van der Waals surface area contributed by atoms with Gasteiger partial charge in [0.2, 0.25) is 0 Å². The molecule has 4 rings (SSSR count). The first-order valence-corrected chi connectivity index (χ1v) is 11.4. The molecule has 1 aliphatic heterocycles. The maximum Gasteiger partial charge on any atom is 0.255 e. The van der Waals surface area contributed by atoms with E-state index in [1.54, 1.807) is 14.2 Å². The van der Waals surface area contributed by atoms with Crippen LogP contribution >= 0.6 is 11.6 Å². The van der Waals surface area contributed by atoms with Crippen LogP contribution in [0.3, 0.4) is 0 Å². The maximum absolute atomic E-state index is 13.3. The Morgan fingerprint density at radius 1 is 1.03 bits per heavy atom. The van der Waals surface area contributed by atoms with Crippen molar-refractivity contribution >= 4 is 23.3 Å². The van der Waals surface area contributed by atoms with E-state index < -0.39 is 0 Å². The van der Waals surface area contributed by atoms with Crippen LogP contribution in [0.5, 0.6) is 11.5 Å². The quantitative estimate of drug-likeness (QED) is 0.515. The molecular weight excluding hydrogens is 438 g/mol. The van der Waals surface area contributed by atoms with Crippen molar-refractivity contribution in [3.05, 3.63) is 70.4 Å². The highest BCUT2D eigenvalue weighted by atomic mass is 35.5. The predicted molar refractivity (Wildman–Crippen MR) is 132 cm³/mol. The molecule has 0 radical (unpaired) electrons. The third-order valence-electron chi connectivity index (χ3n) is 5.79. The van der Waals surface area contributed by atoms with Crippen molar-refractivity contribution in [1.82, 2.24) is 10.3 Å². The summed E-state index contributed by atoms with van der Waals surface area (Å²) in [5.74, 6) is 1.83. The second-order valence-electron chi connectivity index (χ2n) is 8.18. The Hall–Kier alpha value is -3.25. The number of pyridine rings is 1. The zero-order valence-electron chi connectivity index (χ0n) is 19.2. The summed E-state index contributed by atoms with van der Waals surface area (Å²) in [7, 11) is 3.19. The summed E-state index contributed by atoms with van der Waals surface area (Å²) in [6, 6.07) is 13.4. The van der Waals surface area contributed by atoms with E-state index in [4.69, 9.17) is 26.1 Å². The Labute approximate surface area is 199 Å². The standard InChI is InChI=1S/C26H28ClN3O3/c1-17-10-19(13-21(27)11-17)20-14-22(25(28-16-20)30-8-4-5-9-30)26(31)29-15-18-6-7-23(32-2)24(12-18)33-3/h6-7,10-14,16H,4-5,8-9,15H2,1-3H3,(H,29,31). The molecular formula is C26H28ClN3O3. The van der Waals surface area contributed by atoms with Crippen LogP contribution in [0.4, 0.5) is 5.82 Å². The highest BCUT2D eigenvalue weighted by Gasteiger charge is 2.22. The number of rotatable bonds is 7. The number of nitrogens with one attached hydrogen (secondary N) is 1. The molecule has 172 valence electrons. The zero-order chi connectivity index (χ0) is 23.4. The van der Waals surface area contributed by atoms with Gasteiger partial charge >= 0.3 is 0 Å². The number of anilines is 1. The molecule has 1 saturated heterocycles. The van der Waals surface area contributed by atoms with Gasteiger partial charge in [-0.2, -0.15) is 0 Å². The predicted octanol–water partition coefficient (Wildman–Crippen LogP) is 5.26. The number of carbonyl (C=O) groups is 1. The molecule has 1 N–H and O–H groups in total. The van der Waals surface area contributed by atoms with Crippen molar-refractivity contribution in [2.75, 3.05) is 32.2 Å². The van der Waals surface area contributed by atoms with Crippen LogP contribution in [-0.2, 0) is 6.54 Å². The fraction of sp³-hybridized carbons (Fsp3) is 0.308. The summed E-state index contributed by atoms with van der Waals surface area (Å²) in [4.78, 5) is 20.2. The fourth-order valence-electron chi connectivity index (χ4n) is 4.13. The average Bonchev–Trinajstić information content (AvgIpc) is 3.36. The Balaban J connectivity index is 1.63. The van der Waals surface area contributed by atoms with Crippen LogP contribution in [0.2, 0.25) is 5.02 Å². The van der Waals surface area contributed by atoms with Gasteiger partial charge in [-0.25, -0.2) is 4.98 Å². The van der Waals surface area contributed by atoms with E-state index in [0.717, 1.165) is 54.0 Å². The minimum Gasteiger partial charge on any atom is -0.493 e. The smallest absolute Gasteiger partial charge is 0.255 e. The highest BCUT2D eigenvalue weighted by molar-refractivity contribution is 6.31. The van der Waals surface area contributed by atoms with Gasteiger partial charge in [0.1, 0.15) is 5.82 Å². The average molecular weight is 466 g/mol. The number of carbonyl (C=O) groups excluding carboxylic acids is 1. The monoisotopic (exact) mass is 465 g/mol. The van der Waals surface area contributed by atoms with Gasteiger partial charge in [-0.1, -0.05) is 23.7 Å². The van der Waals surface area contributed by atoms with Gasteiger partial charge in [0.05, 0.1) is 19.8 Å². The van der Waals surface area contributed by atoms with Crippen molar-refractivity contribution in [3.63, 3.8) is 0 Å². The van der Waals surface area contributed by atoms with Crippen LogP contribution < -0.4 is 19.7 Å². The SMILES string of the molecule is COc1ccc(CNC(=O)c2cc(-c3cc(C)cc(Cl)c3)cnc2N2CCCC2)cc1OC. The largest absolute Gasteiger partial charge is 0.493 e. The summed E-state index contributed by atoms with van der Waals surface area (Å²) in [5, 5.41) is 3.70. The van der Waals surface area contributed by atoms with E-state index in [2.05, 4.69) is 10.2 Å². The van der Waals surface area contributed by atoms with Gasteiger partial charge in [-0.05, 0) is 66.8 Å². The molecule has 3 aromatic rings. The van der Waals surface area contributed by atoms with Crippen molar-refractivity contribution in [3.8, 4) is 22.6 Å². The Kier molecular flexibility index (Phi) is 7.04. The zero-order valence-corrected chi connectivity index (χ0v) is 19.9. The lowest BCUT2D eigenvalue weighted by Gasteiger charge is -2.20. The van der Waals surface area contributed by atoms with Gasteiger partial charge in [0.15, 0.2) is 11.5 Å². The summed E-state index contributed by atoms with van der Waals surface area (Å²) in [5.41, 5.74) is 4.33. The van der Waals surface area contributed by atoms with Crippen LogP contribution in [-0.4, -0.2) is 38.2 Å². The number of halogens is 1. The topological polar surface area (TPSA) is 63.7 Å². The van der Waals surface area contributed by atoms with E-state index in [9.17, 15) is 4.79 Å². The van der Waals surface area contributed by atoms with Crippen LogP contribution in [0.25, 0.3) is 11.1 Å². The van der Waals surface area contributed by atoms with Crippen molar-refractivity contribution in [2.45, 2.75) is 26.3 Å².